The Morgan fingerprint density at radius 2 is 1.90 bits per heavy atom. The molecule has 0 atom stereocenters. The molecule has 2 aromatic carbocycles. The molecule has 0 aliphatic heterocycles. The first kappa shape index (κ1) is 19.3. The molecule has 2 aromatic heterocycles. The number of aromatic nitrogens is 5. The Kier molecular flexibility index (Phi) is 5.25. The lowest BCUT2D eigenvalue weighted by Gasteiger charge is -2.07. The summed E-state index contributed by atoms with van der Waals surface area (Å²) in [6, 6.07) is 14.6. The zero-order valence-electron chi connectivity index (χ0n) is 16.5. The van der Waals surface area contributed by atoms with E-state index in [1.165, 1.54) is 4.68 Å². The van der Waals surface area contributed by atoms with Crippen molar-refractivity contribution in [3.05, 3.63) is 65.6 Å². The number of fused-ring (bicyclic) bond motifs is 1. The van der Waals surface area contributed by atoms with E-state index in [2.05, 4.69) is 25.8 Å². The van der Waals surface area contributed by atoms with E-state index in [4.69, 9.17) is 4.74 Å². The summed E-state index contributed by atoms with van der Waals surface area (Å²) >= 11 is 0. The predicted molar refractivity (Wildman–Crippen MR) is 110 cm³/mol. The van der Waals surface area contributed by atoms with Crippen molar-refractivity contribution in [1.82, 2.24) is 30.5 Å². The summed E-state index contributed by atoms with van der Waals surface area (Å²) in [6.07, 6.45) is 0. The number of carbonyl (C=O) groups is 2. The molecule has 4 rings (SSSR count). The second kappa shape index (κ2) is 8.16. The molecule has 0 fully saturated rings. The molecule has 0 spiro atoms. The first-order valence-corrected chi connectivity index (χ1v) is 9.48. The van der Waals surface area contributed by atoms with E-state index in [9.17, 15) is 9.59 Å². The highest BCUT2D eigenvalue weighted by molar-refractivity contribution is 6.45. The van der Waals surface area contributed by atoms with Crippen molar-refractivity contribution in [1.29, 1.82) is 0 Å². The number of nitrogens with zero attached hydrogens (tertiary/aromatic N) is 4. The smallest absolute Gasteiger partial charge is 0.292 e. The van der Waals surface area contributed by atoms with Crippen molar-refractivity contribution in [2.45, 2.75) is 20.4 Å². The van der Waals surface area contributed by atoms with Crippen molar-refractivity contribution in [3.8, 4) is 11.4 Å². The van der Waals surface area contributed by atoms with E-state index in [1.54, 1.807) is 6.92 Å². The third-order valence-electron chi connectivity index (χ3n) is 4.66. The van der Waals surface area contributed by atoms with E-state index >= 15 is 0 Å². The number of para-hydroxylation sites is 1. The molecule has 0 aliphatic carbocycles. The number of tetrazole rings is 1. The van der Waals surface area contributed by atoms with Crippen molar-refractivity contribution < 1.29 is 14.3 Å². The van der Waals surface area contributed by atoms with E-state index in [0.717, 1.165) is 16.7 Å². The quantitative estimate of drug-likeness (QED) is 0.361. The number of Topliss-reactive ketones (excluding diaryl/α,β-unsaturated/α-hetero) is 1. The van der Waals surface area contributed by atoms with E-state index in [0.29, 0.717) is 29.4 Å². The molecule has 0 saturated heterocycles. The van der Waals surface area contributed by atoms with Gasteiger partial charge in [0, 0.05) is 16.6 Å². The van der Waals surface area contributed by atoms with Crippen molar-refractivity contribution in [2.75, 3.05) is 6.61 Å². The number of nitrogens with one attached hydrogen (secondary N) is 2. The second-order valence-electron chi connectivity index (χ2n) is 6.62. The molecule has 0 radical (unpaired) electrons. The van der Waals surface area contributed by atoms with Gasteiger partial charge in [0.15, 0.2) is 5.82 Å². The molecule has 0 bridgehead atoms. The maximum absolute atomic E-state index is 12.7. The lowest BCUT2D eigenvalue weighted by molar-refractivity contribution is -0.117. The maximum Gasteiger partial charge on any atom is 0.292 e. The zero-order valence-corrected chi connectivity index (χ0v) is 16.5. The first-order chi connectivity index (χ1) is 14.6. The van der Waals surface area contributed by atoms with E-state index in [1.807, 2.05) is 55.5 Å². The number of rotatable bonds is 7. The topological polar surface area (TPSA) is 115 Å². The summed E-state index contributed by atoms with van der Waals surface area (Å²) in [5.74, 6) is -0.186. The maximum atomic E-state index is 12.7. The Hall–Kier alpha value is -4.01. The largest absolute Gasteiger partial charge is 0.494 e. The SMILES string of the molecule is CCOc1ccc(-n2nnnc2CNC(=O)C(=O)c2c(C)[nH]c3ccccc23)cc1. The highest BCUT2D eigenvalue weighted by atomic mass is 16.5. The average Bonchev–Trinajstić information content (AvgIpc) is 3.35. The molecule has 9 nitrogen and oxygen atoms in total. The zero-order chi connectivity index (χ0) is 21.1. The molecule has 2 N–H and O–H groups in total. The number of H-pyrrole nitrogens is 1. The number of aryl methyl sites for hydroxylation is 1. The molecule has 9 heteroatoms. The minimum Gasteiger partial charge on any atom is -0.494 e. The third kappa shape index (κ3) is 3.64. The molecule has 2 heterocycles. The lowest BCUT2D eigenvalue weighted by atomic mass is 10.1. The van der Waals surface area contributed by atoms with Gasteiger partial charge < -0.3 is 15.0 Å². The number of amides is 1. The summed E-state index contributed by atoms with van der Waals surface area (Å²) in [7, 11) is 0. The van der Waals surface area contributed by atoms with Gasteiger partial charge in [0.1, 0.15) is 5.75 Å². The molecule has 1 amide bonds. The highest BCUT2D eigenvalue weighted by Crippen LogP contribution is 2.22. The fraction of sp³-hybridized carbons (Fsp3) is 0.190. The van der Waals surface area contributed by atoms with Crippen LogP contribution in [0.2, 0.25) is 0 Å². The summed E-state index contributed by atoms with van der Waals surface area (Å²) < 4.78 is 6.93. The molecule has 4 aromatic rings. The van der Waals surface area contributed by atoms with Crippen LogP contribution in [0.3, 0.4) is 0 Å². The third-order valence-corrected chi connectivity index (χ3v) is 4.66. The van der Waals surface area contributed by atoms with Gasteiger partial charge in [-0.2, -0.15) is 4.68 Å². The van der Waals surface area contributed by atoms with Crippen LogP contribution in [0.1, 0.15) is 28.8 Å². The molecular weight excluding hydrogens is 384 g/mol. The monoisotopic (exact) mass is 404 g/mol. The first-order valence-electron chi connectivity index (χ1n) is 9.48. The van der Waals surface area contributed by atoms with Crippen molar-refractivity contribution in [3.63, 3.8) is 0 Å². The number of ketones is 1. The molecule has 30 heavy (non-hydrogen) atoms. The van der Waals surface area contributed by atoms with Crippen LogP contribution in [0, 0.1) is 6.92 Å². The summed E-state index contributed by atoms with van der Waals surface area (Å²) in [6.45, 7) is 4.26. The van der Waals surface area contributed by atoms with E-state index < -0.39 is 11.7 Å². The van der Waals surface area contributed by atoms with Crippen LogP contribution >= 0.6 is 0 Å². The Balaban J connectivity index is 1.49. The van der Waals surface area contributed by atoms with E-state index in [-0.39, 0.29) is 6.54 Å². The molecule has 0 saturated carbocycles. The molecule has 0 aliphatic rings. The fourth-order valence-electron chi connectivity index (χ4n) is 3.29. The van der Waals surface area contributed by atoms with Gasteiger partial charge in [-0.25, -0.2) is 0 Å². The second-order valence-corrected chi connectivity index (χ2v) is 6.62. The number of benzene rings is 2. The Morgan fingerprint density at radius 1 is 1.13 bits per heavy atom. The molecule has 152 valence electrons. The lowest BCUT2D eigenvalue weighted by Crippen LogP contribution is -2.31. The molecular formula is C21H20N6O3. The average molecular weight is 404 g/mol. The molecule has 0 unspecified atom stereocenters. The Bertz CT molecular complexity index is 1210. The van der Waals surface area contributed by atoms with Gasteiger partial charge in [-0.3, -0.25) is 9.59 Å². The number of aromatic amines is 1. The summed E-state index contributed by atoms with van der Waals surface area (Å²) in [5, 5.41) is 14.9. The van der Waals surface area contributed by atoms with Gasteiger partial charge in [-0.15, -0.1) is 5.10 Å². The van der Waals surface area contributed by atoms with Crippen LogP contribution in [0.5, 0.6) is 5.75 Å². The minimum absolute atomic E-state index is 0.00614. The highest BCUT2D eigenvalue weighted by Gasteiger charge is 2.23. The van der Waals surface area contributed by atoms with Gasteiger partial charge in [0.2, 0.25) is 0 Å². The van der Waals surface area contributed by atoms with Crippen molar-refractivity contribution >= 4 is 22.6 Å². The van der Waals surface area contributed by atoms with Gasteiger partial charge in [-0.05, 0) is 54.6 Å². The van der Waals surface area contributed by atoms with Gasteiger partial charge in [0.25, 0.3) is 11.7 Å². The summed E-state index contributed by atoms with van der Waals surface area (Å²) in [4.78, 5) is 28.4. The van der Waals surface area contributed by atoms with Crippen LogP contribution < -0.4 is 10.1 Å². The number of hydrogen-bond donors (Lipinski definition) is 2. The van der Waals surface area contributed by atoms with Gasteiger partial charge >= 0.3 is 0 Å². The van der Waals surface area contributed by atoms with Crippen molar-refractivity contribution in [2.24, 2.45) is 0 Å². The fourth-order valence-corrected chi connectivity index (χ4v) is 3.29. The number of hydrogen-bond acceptors (Lipinski definition) is 6. The van der Waals surface area contributed by atoms with Gasteiger partial charge in [-0.1, -0.05) is 18.2 Å². The summed E-state index contributed by atoms with van der Waals surface area (Å²) in [5.41, 5.74) is 2.54. The Labute approximate surface area is 172 Å². The van der Waals surface area contributed by atoms with Crippen LogP contribution in [0.15, 0.2) is 48.5 Å². The van der Waals surface area contributed by atoms with Gasteiger partial charge in [0.05, 0.1) is 24.4 Å². The minimum atomic E-state index is -0.718. The van der Waals surface area contributed by atoms with Crippen LogP contribution in [-0.4, -0.2) is 43.5 Å². The Morgan fingerprint density at radius 3 is 2.67 bits per heavy atom. The normalized spacial score (nSPS) is 10.9. The van der Waals surface area contributed by atoms with Crippen LogP contribution in [0.4, 0.5) is 0 Å². The van der Waals surface area contributed by atoms with Crippen LogP contribution in [0.25, 0.3) is 16.6 Å². The van der Waals surface area contributed by atoms with Crippen LogP contribution in [-0.2, 0) is 11.3 Å². The number of carbonyl (C=O) groups excluding carboxylic acids is 2. The predicted octanol–water partition coefficient (Wildman–Crippen LogP) is 2.35. The number of ether oxygens (including phenoxy) is 1. The standard InChI is InChI=1S/C21H20N6O3/c1-3-30-15-10-8-14(9-11-15)27-18(24-25-26-27)12-22-21(29)20(28)19-13(2)23-17-7-5-4-6-16(17)19/h4-11,23H,3,12H2,1-2H3,(H,22,29).